The molecule has 9 heteroatoms. The van der Waals surface area contributed by atoms with Crippen molar-refractivity contribution in [1.29, 1.82) is 0 Å². The van der Waals surface area contributed by atoms with Gasteiger partial charge in [-0.05, 0) is 42.5 Å². The van der Waals surface area contributed by atoms with Crippen molar-refractivity contribution in [2.75, 3.05) is 16.2 Å². The molecule has 3 aromatic carbocycles. The first-order valence-corrected chi connectivity index (χ1v) is 11.2. The molecule has 0 saturated heterocycles. The predicted octanol–water partition coefficient (Wildman–Crippen LogP) is 5.77. The Labute approximate surface area is 189 Å². The lowest BCUT2D eigenvalue weighted by Gasteiger charge is -2.24. The molecule has 0 radical (unpaired) electrons. The van der Waals surface area contributed by atoms with Crippen LogP contribution in [0, 0.1) is 5.82 Å². The Bertz CT molecular complexity index is 1250. The molecule has 0 bridgehead atoms. The number of halogens is 3. The van der Waals surface area contributed by atoms with Crippen molar-refractivity contribution in [3.8, 4) is 0 Å². The Hall–Kier alpha value is -2.87. The summed E-state index contributed by atoms with van der Waals surface area (Å²) in [5, 5.41) is 2.56. The van der Waals surface area contributed by atoms with Crippen LogP contribution < -0.4 is 9.62 Å². The van der Waals surface area contributed by atoms with Gasteiger partial charge in [0.15, 0.2) is 0 Å². The number of hydrogen-bond acceptors (Lipinski definition) is 3. The second-order valence-corrected chi connectivity index (χ2v) is 9.00. The second kappa shape index (κ2) is 9.51. The van der Waals surface area contributed by atoms with Gasteiger partial charge in [0.2, 0.25) is 0 Å². The molecule has 0 heterocycles. The third-order valence-corrected chi connectivity index (χ3v) is 6.88. The zero-order valence-corrected chi connectivity index (χ0v) is 18.4. The largest absolute Gasteiger partial charge is 0.319 e. The van der Waals surface area contributed by atoms with Gasteiger partial charge in [0, 0.05) is 5.56 Å². The summed E-state index contributed by atoms with van der Waals surface area (Å²) in [6.45, 7) is 3.53. The van der Waals surface area contributed by atoms with E-state index in [1.807, 2.05) is 0 Å². The number of benzene rings is 3. The third kappa shape index (κ3) is 4.90. The van der Waals surface area contributed by atoms with Crippen LogP contribution in [0.15, 0.2) is 84.3 Å². The number of rotatable bonds is 7. The highest BCUT2D eigenvalue weighted by Gasteiger charge is 2.29. The Morgan fingerprint density at radius 1 is 1.03 bits per heavy atom. The molecule has 1 N–H and O–H groups in total. The van der Waals surface area contributed by atoms with E-state index in [0.717, 1.165) is 10.4 Å². The number of para-hydroxylation sites is 2. The molecular formula is C22H17Cl2FN2O3S. The summed E-state index contributed by atoms with van der Waals surface area (Å²) < 4.78 is 41.8. The molecule has 0 atom stereocenters. The minimum absolute atomic E-state index is 0.0102. The first-order chi connectivity index (χ1) is 14.8. The average Bonchev–Trinajstić information content (AvgIpc) is 2.74. The molecule has 0 fully saturated rings. The molecule has 0 aromatic heterocycles. The van der Waals surface area contributed by atoms with Crippen LogP contribution in [0.3, 0.4) is 0 Å². The molecular weight excluding hydrogens is 462 g/mol. The number of anilines is 2. The van der Waals surface area contributed by atoms with Crippen LogP contribution in [-0.4, -0.2) is 20.9 Å². The van der Waals surface area contributed by atoms with Crippen molar-refractivity contribution in [3.05, 3.63) is 101 Å². The molecule has 160 valence electrons. The number of amides is 1. The topological polar surface area (TPSA) is 66.5 Å². The van der Waals surface area contributed by atoms with Gasteiger partial charge in [0.1, 0.15) is 10.7 Å². The predicted molar refractivity (Wildman–Crippen MR) is 122 cm³/mol. The van der Waals surface area contributed by atoms with Crippen LogP contribution in [-0.2, 0) is 10.0 Å². The van der Waals surface area contributed by atoms with E-state index in [4.69, 9.17) is 23.2 Å². The molecule has 5 nitrogen and oxygen atoms in total. The molecule has 0 saturated carbocycles. The molecule has 0 aliphatic rings. The minimum Gasteiger partial charge on any atom is -0.319 e. The standard InChI is InChI=1S/C22H17Cl2FN2O3S/c1-2-13-27(20-10-6-3-7-16(20)23)31(29,30)21-14-15(11-12-17(21)24)22(28)26-19-9-5-4-8-18(19)25/h2-12,14H,1,13H2,(H,26,28). The zero-order chi connectivity index (χ0) is 22.6. The number of hydrogen-bond donors (Lipinski definition) is 1. The fourth-order valence-corrected chi connectivity index (χ4v) is 5.06. The van der Waals surface area contributed by atoms with Crippen molar-refractivity contribution in [2.45, 2.75) is 4.90 Å². The highest BCUT2D eigenvalue weighted by molar-refractivity contribution is 7.93. The van der Waals surface area contributed by atoms with E-state index >= 15 is 0 Å². The summed E-state index contributed by atoms with van der Waals surface area (Å²) in [5.41, 5.74) is 0.196. The van der Waals surface area contributed by atoms with E-state index < -0.39 is 21.7 Å². The van der Waals surface area contributed by atoms with Crippen molar-refractivity contribution in [2.24, 2.45) is 0 Å². The normalized spacial score (nSPS) is 11.1. The maximum atomic E-state index is 13.9. The zero-order valence-electron chi connectivity index (χ0n) is 16.1. The van der Waals surface area contributed by atoms with E-state index in [1.165, 1.54) is 36.4 Å². The fourth-order valence-electron chi connectivity index (χ4n) is 2.82. The summed E-state index contributed by atoms with van der Waals surface area (Å²) in [7, 11) is -4.21. The van der Waals surface area contributed by atoms with Crippen molar-refractivity contribution in [1.82, 2.24) is 0 Å². The van der Waals surface area contributed by atoms with E-state index in [9.17, 15) is 17.6 Å². The Kier molecular flexibility index (Phi) is 7.00. The maximum absolute atomic E-state index is 13.9. The van der Waals surface area contributed by atoms with Crippen LogP contribution >= 0.6 is 23.2 Å². The van der Waals surface area contributed by atoms with E-state index in [2.05, 4.69) is 11.9 Å². The van der Waals surface area contributed by atoms with Crippen LogP contribution in [0.4, 0.5) is 15.8 Å². The lowest BCUT2D eigenvalue weighted by atomic mass is 10.2. The van der Waals surface area contributed by atoms with Crippen molar-refractivity contribution < 1.29 is 17.6 Å². The van der Waals surface area contributed by atoms with Crippen LogP contribution in [0.1, 0.15) is 10.4 Å². The Morgan fingerprint density at radius 2 is 1.71 bits per heavy atom. The lowest BCUT2D eigenvalue weighted by Crippen LogP contribution is -2.32. The first kappa shape index (κ1) is 22.8. The van der Waals surface area contributed by atoms with Crippen LogP contribution in [0.2, 0.25) is 10.0 Å². The quantitative estimate of drug-likeness (QED) is 0.438. The first-order valence-electron chi connectivity index (χ1n) is 8.99. The second-order valence-electron chi connectivity index (χ2n) is 6.36. The average molecular weight is 479 g/mol. The van der Waals surface area contributed by atoms with Gasteiger partial charge in [-0.3, -0.25) is 9.10 Å². The van der Waals surface area contributed by atoms with Gasteiger partial charge in [0.05, 0.1) is 28.0 Å². The molecule has 0 spiro atoms. The highest BCUT2D eigenvalue weighted by atomic mass is 35.5. The Balaban J connectivity index is 2.03. The van der Waals surface area contributed by atoms with E-state index in [0.29, 0.717) is 0 Å². The number of sulfonamides is 1. The summed E-state index contributed by atoms with van der Waals surface area (Å²) in [5.74, 6) is -1.31. The van der Waals surface area contributed by atoms with Crippen LogP contribution in [0.25, 0.3) is 0 Å². The molecule has 3 rings (SSSR count). The SMILES string of the molecule is C=CCN(c1ccccc1Cl)S(=O)(=O)c1cc(C(=O)Nc2ccccc2F)ccc1Cl. The van der Waals surface area contributed by atoms with Crippen LogP contribution in [0.5, 0.6) is 0 Å². The monoisotopic (exact) mass is 478 g/mol. The van der Waals surface area contributed by atoms with Crippen molar-refractivity contribution in [3.63, 3.8) is 0 Å². The molecule has 0 unspecified atom stereocenters. The smallest absolute Gasteiger partial charge is 0.266 e. The summed E-state index contributed by atoms with van der Waals surface area (Å²) in [4.78, 5) is 12.3. The number of carbonyl (C=O) groups is 1. The molecule has 3 aromatic rings. The third-order valence-electron chi connectivity index (χ3n) is 4.30. The van der Waals surface area contributed by atoms with E-state index in [-0.39, 0.29) is 38.4 Å². The van der Waals surface area contributed by atoms with Gasteiger partial charge in [-0.25, -0.2) is 12.8 Å². The highest BCUT2D eigenvalue weighted by Crippen LogP contribution is 2.33. The van der Waals surface area contributed by atoms with Gasteiger partial charge in [-0.1, -0.05) is 53.5 Å². The minimum atomic E-state index is -4.21. The maximum Gasteiger partial charge on any atom is 0.266 e. The lowest BCUT2D eigenvalue weighted by molar-refractivity contribution is 0.102. The molecule has 0 aliphatic heterocycles. The fraction of sp³-hybridized carbons (Fsp3) is 0.0455. The molecule has 0 aliphatic carbocycles. The van der Waals surface area contributed by atoms with Gasteiger partial charge >= 0.3 is 0 Å². The number of nitrogens with one attached hydrogen (secondary N) is 1. The van der Waals surface area contributed by atoms with Gasteiger partial charge < -0.3 is 5.32 Å². The Morgan fingerprint density at radius 3 is 2.39 bits per heavy atom. The van der Waals surface area contributed by atoms with Gasteiger partial charge in [-0.15, -0.1) is 6.58 Å². The summed E-state index contributed by atoms with van der Waals surface area (Å²) in [6, 6.07) is 15.9. The van der Waals surface area contributed by atoms with Crippen molar-refractivity contribution >= 4 is 50.5 Å². The van der Waals surface area contributed by atoms with Gasteiger partial charge in [-0.2, -0.15) is 0 Å². The molecule has 31 heavy (non-hydrogen) atoms. The summed E-state index contributed by atoms with van der Waals surface area (Å²) >= 11 is 12.4. The van der Waals surface area contributed by atoms with Gasteiger partial charge in [0.25, 0.3) is 15.9 Å². The molecule has 1 amide bonds. The number of nitrogens with zero attached hydrogens (tertiary/aromatic N) is 1. The summed E-state index contributed by atoms with van der Waals surface area (Å²) in [6.07, 6.45) is 1.41. The number of carbonyl (C=O) groups excluding carboxylic acids is 1. The van der Waals surface area contributed by atoms with E-state index in [1.54, 1.807) is 30.3 Å².